The van der Waals surface area contributed by atoms with Crippen LogP contribution in [0.3, 0.4) is 0 Å². The molecule has 0 bridgehead atoms. The molecule has 74 valence electrons. The number of rotatable bonds is 3. The van der Waals surface area contributed by atoms with Crippen LogP contribution in [0.5, 0.6) is 5.75 Å². The Balaban J connectivity index is 2.80. The maximum absolute atomic E-state index is 10.2. The van der Waals surface area contributed by atoms with Crippen LogP contribution in [0.1, 0.15) is 12.1 Å². The first-order valence-corrected chi connectivity index (χ1v) is 4.63. The van der Waals surface area contributed by atoms with E-state index in [0.29, 0.717) is 10.3 Å². The van der Waals surface area contributed by atoms with Crippen molar-refractivity contribution in [2.24, 2.45) is 0 Å². The molecular weight excluding hydrogens is 250 g/mol. The third-order valence-corrected chi connectivity index (χ3v) is 1.88. The van der Waals surface area contributed by atoms with E-state index in [9.17, 15) is 9.90 Å². The van der Waals surface area contributed by atoms with E-state index in [2.05, 4.69) is 20.9 Å². The van der Waals surface area contributed by atoms with Crippen molar-refractivity contribution < 1.29 is 15.0 Å². The summed E-state index contributed by atoms with van der Waals surface area (Å²) in [7, 11) is 0. The number of aromatic nitrogens is 1. The minimum absolute atomic E-state index is 0.0230. The third-order valence-electron chi connectivity index (χ3n) is 1.44. The normalized spacial score (nSPS) is 10.6. The van der Waals surface area contributed by atoms with E-state index in [-0.39, 0.29) is 12.2 Å². The summed E-state index contributed by atoms with van der Waals surface area (Å²) in [6.07, 6.45) is 2.80. The second-order valence-electron chi connectivity index (χ2n) is 2.54. The van der Waals surface area contributed by atoms with Crippen LogP contribution in [0, 0.1) is 0 Å². The Hall–Kier alpha value is -1.36. The summed E-state index contributed by atoms with van der Waals surface area (Å²) in [5, 5.41) is 17.7. The number of pyridine rings is 1. The highest BCUT2D eigenvalue weighted by Gasteiger charge is 1.99. The van der Waals surface area contributed by atoms with E-state index in [4.69, 9.17) is 5.11 Å². The molecule has 0 unspecified atom stereocenters. The van der Waals surface area contributed by atoms with Crippen LogP contribution in [0.15, 0.2) is 22.8 Å². The van der Waals surface area contributed by atoms with Crippen molar-refractivity contribution in [2.75, 3.05) is 0 Å². The first kappa shape index (κ1) is 10.7. The number of aromatic hydroxyl groups is 1. The Kier molecular flexibility index (Phi) is 3.64. The van der Waals surface area contributed by atoms with Crippen LogP contribution >= 0.6 is 15.9 Å². The fraction of sp³-hybridized carbons (Fsp3) is 0.111. The molecule has 0 aliphatic heterocycles. The van der Waals surface area contributed by atoms with Gasteiger partial charge in [0.25, 0.3) is 0 Å². The van der Waals surface area contributed by atoms with Crippen molar-refractivity contribution >= 4 is 28.0 Å². The smallest absolute Gasteiger partial charge is 0.307 e. The number of carboxylic acid groups (broad SMARTS) is 1. The van der Waals surface area contributed by atoms with Crippen molar-refractivity contribution in [3.05, 3.63) is 28.5 Å². The van der Waals surface area contributed by atoms with Crippen molar-refractivity contribution in [1.82, 2.24) is 4.98 Å². The van der Waals surface area contributed by atoms with Gasteiger partial charge < -0.3 is 10.2 Å². The molecule has 1 aromatic rings. The van der Waals surface area contributed by atoms with Crippen molar-refractivity contribution in [3.8, 4) is 5.75 Å². The van der Waals surface area contributed by atoms with Gasteiger partial charge in [-0.3, -0.25) is 4.79 Å². The summed E-state index contributed by atoms with van der Waals surface area (Å²) in [5.41, 5.74) is 0.348. The average molecular weight is 258 g/mol. The zero-order valence-electron chi connectivity index (χ0n) is 7.14. The fourth-order valence-electron chi connectivity index (χ4n) is 0.837. The predicted octanol–water partition coefficient (Wildman–Crippen LogP) is 2.04. The van der Waals surface area contributed by atoms with Crippen LogP contribution in [0.4, 0.5) is 0 Å². The van der Waals surface area contributed by atoms with Crippen LogP contribution in [-0.2, 0) is 4.79 Å². The largest absolute Gasteiger partial charge is 0.506 e. The highest BCUT2D eigenvalue weighted by molar-refractivity contribution is 9.10. The molecule has 1 heterocycles. The number of aliphatic carboxylic acids is 1. The van der Waals surface area contributed by atoms with Crippen molar-refractivity contribution in [2.45, 2.75) is 6.42 Å². The van der Waals surface area contributed by atoms with Gasteiger partial charge in [0.15, 0.2) is 0 Å². The van der Waals surface area contributed by atoms with Gasteiger partial charge in [0, 0.05) is 0 Å². The third kappa shape index (κ3) is 3.18. The second kappa shape index (κ2) is 4.76. The quantitative estimate of drug-likeness (QED) is 0.814. The average Bonchev–Trinajstić information content (AvgIpc) is 2.10. The molecule has 1 rings (SSSR count). The number of nitrogens with zero attached hydrogens (tertiary/aromatic N) is 1. The molecule has 14 heavy (non-hydrogen) atoms. The summed E-state index contributed by atoms with van der Waals surface area (Å²) < 4.78 is 0.588. The lowest BCUT2D eigenvalue weighted by atomic mass is 10.3. The summed E-state index contributed by atoms with van der Waals surface area (Å²) in [4.78, 5) is 14.2. The number of carboxylic acids is 1. The Morgan fingerprint density at radius 2 is 2.29 bits per heavy atom. The van der Waals surface area contributed by atoms with Crippen molar-refractivity contribution in [1.29, 1.82) is 0 Å². The first-order valence-electron chi connectivity index (χ1n) is 3.83. The van der Waals surface area contributed by atoms with Gasteiger partial charge in [0.05, 0.1) is 6.42 Å². The number of hydrogen-bond donors (Lipinski definition) is 2. The molecular formula is C9H8BrNO3. The van der Waals surface area contributed by atoms with Gasteiger partial charge in [-0.1, -0.05) is 6.08 Å². The summed E-state index contributed by atoms with van der Waals surface area (Å²) in [6, 6.07) is 3.08. The van der Waals surface area contributed by atoms with Gasteiger partial charge in [-0.25, -0.2) is 4.98 Å². The molecule has 5 heteroatoms. The van der Waals surface area contributed by atoms with E-state index >= 15 is 0 Å². The van der Waals surface area contributed by atoms with Gasteiger partial charge >= 0.3 is 5.97 Å². The molecule has 2 N–H and O–H groups in total. The van der Waals surface area contributed by atoms with Crippen molar-refractivity contribution in [3.63, 3.8) is 0 Å². The lowest BCUT2D eigenvalue weighted by molar-refractivity contribution is -0.135. The molecule has 0 spiro atoms. The van der Waals surface area contributed by atoms with E-state index < -0.39 is 5.97 Å². The SMILES string of the molecule is O=C(O)CC=Cc1nc(Br)ccc1O. The fourth-order valence-corrected chi connectivity index (χ4v) is 1.16. The molecule has 0 radical (unpaired) electrons. The Morgan fingerprint density at radius 1 is 1.57 bits per heavy atom. The number of carbonyl (C=O) groups is 1. The molecule has 1 aromatic heterocycles. The van der Waals surface area contributed by atoms with Crippen LogP contribution in [0.2, 0.25) is 0 Å². The maximum Gasteiger partial charge on any atom is 0.307 e. The molecule has 0 saturated carbocycles. The van der Waals surface area contributed by atoms with Crippen LogP contribution in [-0.4, -0.2) is 21.2 Å². The molecule has 0 aromatic carbocycles. The van der Waals surface area contributed by atoms with Gasteiger partial charge in [-0.2, -0.15) is 0 Å². The van der Waals surface area contributed by atoms with Crippen LogP contribution in [0.25, 0.3) is 6.08 Å². The lowest BCUT2D eigenvalue weighted by Crippen LogP contribution is -1.90. The van der Waals surface area contributed by atoms with Crippen LogP contribution < -0.4 is 0 Å². The topological polar surface area (TPSA) is 70.4 Å². The minimum atomic E-state index is -0.921. The molecule has 4 nitrogen and oxygen atoms in total. The highest BCUT2D eigenvalue weighted by Crippen LogP contribution is 2.19. The molecule has 0 amide bonds. The second-order valence-corrected chi connectivity index (χ2v) is 3.35. The Labute approximate surface area is 89.0 Å². The highest BCUT2D eigenvalue weighted by atomic mass is 79.9. The standard InChI is InChI=1S/C9H8BrNO3/c10-8-5-4-7(12)6(11-8)2-1-3-9(13)14/h1-2,4-5,12H,3H2,(H,13,14). The zero-order valence-corrected chi connectivity index (χ0v) is 8.73. The summed E-state index contributed by atoms with van der Waals surface area (Å²) in [5.74, 6) is -0.898. The van der Waals surface area contributed by atoms with E-state index in [1.54, 1.807) is 6.07 Å². The van der Waals surface area contributed by atoms with E-state index in [1.807, 2.05) is 0 Å². The van der Waals surface area contributed by atoms with Gasteiger partial charge in [0.2, 0.25) is 0 Å². The summed E-state index contributed by atoms with van der Waals surface area (Å²) >= 11 is 3.14. The molecule has 0 aliphatic carbocycles. The van der Waals surface area contributed by atoms with E-state index in [1.165, 1.54) is 18.2 Å². The molecule has 0 saturated heterocycles. The molecule has 0 atom stereocenters. The monoisotopic (exact) mass is 257 g/mol. The summed E-state index contributed by atoms with van der Waals surface area (Å²) in [6.45, 7) is 0. The van der Waals surface area contributed by atoms with Gasteiger partial charge in [-0.15, -0.1) is 0 Å². The first-order chi connectivity index (χ1) is 6.59. The molecule has 0 aliphatic rings. The maximum atomic E-state index is 10.2. The zero-order chi connectivity index (χ0) is 10.6. The Morgan fingerprint density at radius 3 is 2.93 bits per heavy atom. The lowest BCUT2D eigenvalue weighted by Gasteiger charge is -1.97. The van der Waals surface area contributed by atoms with Gasteiger partial charge in [0.1, 0.15) is 16.0 Å². The number of hydrogen-bond acceptors (Lipinski definition) is 3. The van der Waals surface area contributed by atoms with Gasteiger partial charge in [-0.05, 0) is 34.1 Å². The van der Waals surface area contributed by atoms with E-state index in [0.717, 1.165) is 0 Å². The predicted molar refractivity (Wildman–Crippen MR) is 54.9 cm³/mol. The minimum Gasteiger partial charge on any atom is -0.506 e. The Bertz CT molecular complexity index is 376. The molecule has 0 fully saturated rings. The number of halogens is 1.